The molecule has 17 heavy (non-hydrogen) atoms. The fraction of sp³-hybridized carbons (Fsp3) is 0.615. The van der Waals surface area contributed by atoms with Crippen molar-refractivity contribution in [2.75, 3.05) is 25.4 Å². The Kier molecular flexibility index (Phi) is 3.64. The van der Waals surface area contributed by atoms with Crippen LogP contribution in [-0.2, 0) is 5.60 Å². The van der Waals surface area contributed by atoms with E-state index in [1.54, 1.807) is 18.5 Å². The van der Waals surface area contributed by atoms with Gasteiger partial charge in [-0.15, -0.1) is 0 Å². The number of pyridine rings is 1. The zero-order valence-corrected chi connectivity index (χ0v) is 10.4. The average Bonchev–Trinajstić information content (AvgIpc) is 2.52. The van der Waals surface area contributed by atoms with Crippen LogP contribution in [0.3, 0.4) is 0 Å². The lowest BCUT2D eigenvalue weighted by molar-refractivity contribution is 0.0218. The van der Waals surface area contributed by atoms with Gasteiger partial charge in [-0.2, -0.15) is 0 Å². The molecule has 0 aromatic carbocycles. The Hall–Kier alpha value is -1.13. The van der Waals surface area contributed by atoms with Crippen molar-refractivity contribution < 1.29 is 5.11 Å². The minimum absolute atomic E-state index is 0.646. The summed E-state index contributed by atoms with van der Waals surface area (Å²) in [5, 5.41) is 10.8. The summed E-state index contributed by atoms with van der Waals surface area (Å²) in [5.41, 5.74) is 6.57. The van der Waals surface area contributed by atoms with Crippen LogP contribution < -0.4 is 5.73 Å². The van der Waals surface area contributed by atoms with Gasteiger partial charge in [-0.05, 0) is 38.4 Å². The van der Waals surface area contributed by atoms with E-state index in [0.29, 0.717) is 5.69 Å². The maximum absolute atomic E-state index is 10.8. The van der Waals surface area contributed by atoms with Gasteiger partial charge in [0, 0.05) is 30.2 Å². The van der Waals surface area contributed by atoms with Crippen molar-refractivity contribution in [3.05, 3.63) is 24.0 Å². The fourth-order valence-corrected chi connectivity index (χ4v) is 2.55. The highest BCUT2D eigenvalue weighted by atomic mass is 16.3. The lowest BCUT2D eigenvalue weighted by Gasteiger charge is -2.28. The molecule has 0 amide bonds. The molecule has 1 atom stereocenters. The summed E-state index contributed by atoms with van der Waals surface area (Å²) < 4.78 is 0. The molecular weight excluding hydrogens is 214 g/mol. The topological polar surface area (TPSA) is 62.4 Å². The van der Waals surface area contributed by atoms with Gasteiger partial charge in [0.15, 0.2) is 0 Å². The predicted molar refractivity (Wildman–Crippen MR) is 68.5 cm³/mol. The van der Waals surface area contributed by atoms with E-state index in [0.717, 1.165) is 44.5 Å². The van der Waals surface area contributed by atoms with Crippen LogP contribution in [0.1, 0.15) is 31.7 Å². The van der Waals surface area contributed by atoms with Gasteiger partial charge in [-0.25, -0.2) is 0 Å². The molecule has 4 heteroatoms. The lowest BCUT2D eigenvalue weighted by atomic mass is 9.87. The number of rotatable bonds is 2. The minimum Gasteiger partial charge on any atom is -0.398 e. The molecule has 1 aliphatic heterocycles. The molecule has 0 saturated carbocycles. The number of anilines is 1. The maximum atomic E-state index is 10.8. The molecule has 0 radical (unpaired) electrons. The number of hydrogen-bond donors (Lipinski definition) is 2. The number of nitrogens with zero attached hydrogens (tertiary/aromatic N) is 2. The minimum atomic E-state index is -0.803. The van der Waals surface area contributed by atoms with Gasteiger partial charge >= 0.3 is 0 Å². The highest BCUT2D eigenvalue weighted by Crippen LogP contribution is 2.35. The monoisotopic (exact) mass is 235 g/mol. The Bertz CT molecular complexity index is 383. The van der Waals surface area contributed by atoms with Gasteiger partial charge in [0.1, 0.15) is 0 Å². The Balaban J connectivity index is 2.21. The third-order valence-electron chi connectivity index (χ3n) is 3.71. The third kappa shape index (κ3) is 2.58. The number of nitrogen functional groups attached to an aromatic ring is 1. The standard InChI is InChI=1S/C13H21N3O/c1-2-16-8-3-5-13(17,6-9-16)11-10-15-7-4-12(11)14/h4,7,10,17H,2-3,5-6,8-9H2,1H3,(H2,14,15). The SMILES string of the molecule is CCN1CCCC(O)(c2cnccc2N)CC1. The van der Waals surface area contributed by atoms with Crippen LogP contribution >= 0.6 is 0 Å². The highest BCUT2D eigenvalue weighted by molar-refractivity contribution is 5.47. The second-order valence-electron chi connectivity index (χ2n) is 4.78. The summed E-state index contributed by atoms with van der Waals surface area (Å²) in [4.78, 5) is 6.45. The lowest BCUT2D eigenvalue weighted by Crippen LogP contribution is -2.30. The molecule has 1 aromatic rings. The number of likely N-dealkylation sites (tertiary alicyclic amines) is 1. The molecule has 94 valence electrons. The predicted octanol–water partition coefficient (Wildman–Crippen LogP) is 1.36. The van der Waals surface area contributed by atoms with E-state index >= 15 is 0 Å². The van der Waals surface area contributed by atoms with Gasteiger partial charge in [0.05, 0.1) is 5.60 Å². The largest absolute Gasteiger partial charge is 0.398 e. The van der Waals surface area contributed by atoms with E-state index in [2.05, 4.69) is 16.8 Å². The number of aliphatic hydroxyl groups is 1. The first-order chi connectivity index (χ1) is 8.15. The van der Waals surface area contributed by atoms with E-state index in [1.807, 2.05) is 0 Å². The first-order valence-electron chi connectivity index (χ1n) is 6.30. The molecular formula is C13H21N3O. The van der Waals surface area contributed by atoms with Crippen molar-refractivity contribution in [2.24, 2.45) is 0 Å². The Labute approximate surface area is 102 Å². The van der Waals surface area contributed by atoms with E-state index in [-0.39, 0.29) is 0 Å². The summed E-state index contributed by atoms with van der Waals surface area (Å²) in [5.74, 6) is 0. The van der Waals surface area contributed by atoms with Crippen LogP contribution in [0.15, 0.2) is 18.5 Å². The molecule has 2 rings (SSSR count). The van der Waals surface area contributed by atoms with E-state index in [4.69, 9.17) is 5.73 Å². The molecule has 2 heterocycles. The van der Waals surface area contributed by atoms with Crippen molar-refractivity contribution >= 4 is 5.69 Å². The van der Waals surface area contributed by atoms with Crippen LogP contribution in [0, 0.1) is 0 Å². The molecule has 3 N–H and O–H groups in total. The van der Waals surface area contributed by atoms with Gasteiger partial charge in [-0.1, -0.05) is 6.92 Å². The van der Waals surface area contributed by atoms with Gasteiger partial charge in [0.25, 0.3) is 0 Å². The first kappa shape index (κ1) is 12.3. The van der Waals surface area contributed by atoms with Crippen molar-refractivity contribution in [3.63, 3.8) is 0 Å². The van der Waals surface area contributed by atoms with Gasteiger partial charge < -0.3 is 15.7 Å². The van der Waals surface area contributed by atoms with E-state index in [9.17, 15) is 5.11 Å². The van der Waals surface area contributed by atoms with Crippen molar-refractivity contribution in [1.82, 2.24) is 9.88 Å². The molecule has 0 spiro atoms. The molecule has 1 aromatic heterocycles. The third-order valence-corrected chi connectivity index (χ3v) is 3.71. The Morgan fingerprint density at radius 1 is 1.47 bits per heavy atom. The molecule has 1 unspecified atom stereocenters. The fourth-order valence-electron chi connectivity index (χ4n) is 2.55. The van der Waals surface area contributed by atoms with Crippen LogP contribution in [0.4, 0.5) is 5.69 Å². The summed E-state index contributed by atoms with van der Waals surface area (Å²) in [6.07, 6.45) is 5.86. The number of aromatic nitrogens is 1. The Morgan fingerprint density at radius 2 is 2.29 bits per heavy atom. The van der Waals surface area contributed by atoms with Crippen molar-refractivity contribution in [2.45, 2.75) is 31.8 Å². The molecule has 4 nitrogen and oxygen atoms in total. The Morgan fingerprint density at radius 3 is 3.00 bits per heavy atom. The molecule has 1 aliphatic rings. The quantitative estimate of drug-likeness (QED) is 0.812. The second kappa shape index (κ2) is 5.02. The summed E-state index contributed by atoms with van der Waals surface area (Å²) in [6, 6.07) is 1.76. The second-order valence-corrected chi connectivity index (χ2v) is 4.78. The van der Waals surface area contributed by atoms with Crippen LogP contribution in [-0.4, -0.2) is 34.6 Å². The average molecular weight is 235 g/mol. The van der Waals surface area contributed by atoms with Crippen LogP contribution in [0.2, 0.25) is 0 Å². The van der Waals surface area contributed by atoms with Gasteiger partial charge in [-0.3, -0.25) is 4.98 Å². The van der Waals surface area contributed by atoms with E-state index in [1.165, 1.54) is 0 Å². The summed E-state index contributed by atoms with van der Waals surface area (Å²) in [6.45, 7) is 5.17. The van der Waals surface area contributed by atoms with Crippen LogP contribution in [0.5, 0.6) is 0 Å². The number of hydrogen-bond acceptors (Lipinski definition) is 4. The zero-order chi connectivity index (χ0) is 12.3. The highest BCUT2D eigenvalue weighted by Gasteiger charge is 2.33. The maximum Gasteiger partial charge on any atom is 0.0944 e. The van der Waals surface area contributed by atoms with Gasteiger partial charge in [0.2, 0.25) is 0 Å². The molecule has 1 fully saturated rings. The molecule has 0 aliphatic carbocycles. The van der Waals surface area contributed by atoms with Crippen molar-refractivity contribution in [3.8, 4) is 0 Å². The smallest absolute Gasteiger partial charge is 0.0944 e. The van der Waals surface area contributed by atoms with Crippen LogP contribution in [0.25, 0.3) is 0 Å². The summed E-state index contributed by atoms with van der Waals surface area (Å²) >= 11 is 0. The van der Waals surface area contributed by atoms with E-state index < -0.39 is 5.60 Å². The molecule has 0 bridgehead atoms. The molecule has 1 saturated heterocycles. The first-order valence-corrected chi connectivity index (χ1v) is 6.30. The number of nitrogens with two attached hydrogens (primary N) is 1. The van der Waals surface area contributed by atoms with Crippen molar-refractivity contribution in [1.29, 1.82) is 0 Å². The summed E-state index contributed by atoms with van der Waals surface area (Å²) in [7, 11) is 0. The zero-order valence-electron chi connectivity index (χ0n) is 10.4. The normalized spacial score (nSPS) is 26.7.